The van der Waals surface area contributed by atoms with Gasteiger partial charge in [0, 0.05) is 57.7 Å². The van der Waals surface area contributed by atoms with E-state index in [1.165, 1.54) is 23.2 Å². The maximum atomic E-state index is 12.6. The first-order valence-corrected chi connectivity index (χ1v) is 11.5. The third-order valence-corrected chi connectivity index (χ3v) is 6.62. The molecule has 0 bridgehead atoms. The number of likely N-dealkylation sites (N-methyl/N-ethyl adjacent to an activating group) is 1. The molecule has 1 atom stereocenters. The molecule has 1 saturated heterocycles. The molecule has 0 radical (unpaired) electrons. The zero-order valence-electron chi connectivity index (χ0n) is 19.4. The highest BCUT2D eigenvalue weighted by atomic mass is 16.5. The Hall–Kier alpha value is -2.77. The molecule has 7 nitrogen and oxygen atoms in total. The summed E-state index contributed by atoms with van der Waals surface area (Å²) in [6.07, 6.45) is 2.31. The summed E-state index contributed by atoms with van der Waals surface area (Å²) in [5, 5.41) is 6.04. The van der Waals surface area contributed by atoms with Crippen LogP contribution < -0.4 is 20.3 Å². The summed E-state index contributed by atoms with van der Waals surface area (Å²) in [5.74, 6) is 0.768. The standard InChI is InChI=1S/C25H35N5O2/c1-28-13-15-30(16-14-28)24(20-6-11-23-19(17-20)5-4-12-29(23)2)18-26-25(31)27-21-7-9-22(32-3)10-8-21/h6-11,17,24H,4-5,12-16,18H2,1-3H3,(H2,26,27,31). The van der Waals surface area contributed by atoms with E-state index in [2.05, 4.69) is 57.6 Å². The molecule has 2 N–H and O–H groups in total. The predicted molar refractivity (Wildman–Crippen MR) is 130 cm³/mol. The van der Waals surface area contributed by atoms with Gasteiger partial charge in [0.2, 0.25) is 0 Å². The minimum Gasteiger partial charge on any atom is -0.497 e. The number of benzene rings is 2. The minimum atomic E-state index is -0.188. The van der Waals surface area contributed by atoms with Gasteiger partial charge >= 0.3 is 6.03 Å². The van der Waals surface area contributed by atoms with E-state index < -0.39 is 0 Å². The second kappa shape index (κ2) is 10.2. The molecule has 7 heteroatoms. The van der Waals surface area contributed by atoms with Crippen LogP contribution in [0.5, 0.6) is 5.75 Å². The first kappa shape index (κ1) is 22.4. The lowest BCUT2D eigenvalue weighted by molar-refractivity contribution is 0.111. The number of carbonyl (C=O) groups excluding carboxylic acids is 1. The lowest BCUT2D eigenvalue weighted by Crippen LogP contribution is -2.48. The van der Waals surface area contributed by atoms with Crippen LogP contribution in [0.15, 0.2) is 42.5 Å². The Morgan fingerprint density at radius 2 is 1.78 bits per heavy atom. The fraction of sp³-hybridized carbons (Fsp3) is 0.480. The lowest BCUT2D eigenvalue weighted by atomic mass is 9.95. The molecule has 0 aliphatic carbocycles. The second-order valence-corrected chi connectivity index (χ2v) is 8.83. The summed E-state index contributed by atoms with van der Waals surface area (Å²) in [4.78, 5) is 19.8. The Balaban J connectivity index is 1.46. The Kier molecular flexibility index (Phi) is 7.17. The molecule has 0 spiro atoms. The van der Waals surface area contributed by atoms with Crippen LogP contribution in [0.1, 0.15) is 23.6 Å². The van der Waals surface area contributed by atoms with Crippen molar-refractivity contribution in [1.82, 2.24) is 15.1 Å². The van der Waals surface area contributed by atoms with Crippen molar-refractivity contribution in [2.75, 3.05) is 70.7 Å². The number of methoxy groups -OCH3 is 1. The summed E-state index contributed by atoms with van der Waals surface area (Å²) < 4.78 is 5.18. The maximum Gasteiger partial charge on any atom is 0.319 e. The molecule has 2 aliphatic heterocycles. The van der Waals surface area contributed by atoms with Gasteiger partial charge in [0.1, 0.15) is 5.75 Å². The van der Waals surface area contributed by atoms with E-state index in [4.69, 9.17) is 4.74 Å². The molecule has 2 aromatic rings. The van der Waals surface area contributed by atoms with E-state index in [9.17, 15) is 4.79 Å². The zero-order valence-corrected chi connectivity index (χ0v) is 19.4. The van der Waals surface area contributed by atoms with E-state index in [0.717, 1.165) is 50.6 Å². The number of aryl methyl sites for hydroxylation is 1. The number of urea groups is 1. The highest BCUT2D eigenvalue weighted by Gasteiger charge is 2.26. The van der Waals surface area contributed by atoms with Gasteiger partial charge in [0.15, 0.2) is 0 Å². The van der Waals surface area contributed by atoms with Gasteiger partial charge in [0.05, 0.1) is 13.2 Å². The molecule has 2 heterocycles. The van der Waals surface area contributed by atoms with E-state index in [1.54, 1.807) is 7.11 Å². The van der Waals surface area contributed by atoms with Gasteiger partial charge in [-0.05, 0) is 61.3 Å². The minimum absolute atomic E-state index is 0.155. The van der Waals surface area contributed by atoms with Gasteiger partial charge in [0.25, 0.3) is 0 Å². The lowest BCUT2D eigenvalue weighted by Gasteiger charge is -2.39. The summed E-state index contributed by atoms with van der Waals surface area (Å²) in [5.41, 5.74) is 4.78. The number of piperazine rings is 1. The number of rotatable bonds is 6. The van der Waals surface area contributed by atoms with Gasteiger partial charge in [-0.1, -0.05) is 12.1 Å². The third-order valence-electron chi connectivity index (χ3n) is 6.62. The maximum absolute atomic E-state index is 12.6. The summed E-state index contributed by atoms with van der Waals surface area (Å²) >= 11 is 0. The van der Waals surface area contributed by atoms with Crippen LogP contribution >= 0.6 is 0 Å². The van der Waals surface area contributed by atoms with E-state index >= 15 is 0 Å². The Labute approximate surface area is 191 Å². The van der Waals surface area contributed by atoms with Crippen molar-refractivity contribution in [3.05, 3.63) is 53.6 Å². The van der Waals surface area contributed by atoms with Crippen LogP contribution in [0.3, 0.4) is 0 Å². The highest BCUT2D eigenvalue weighted by molar-refractivity contribution is 5.89. The number of hydrogen-bond acceptors (Lipinski definition) is 5. The first-order chi connectivity index (χ1) is 15.5. The number of nitrogens with zero attached hydrogens (tertiary/aromatic N) is 3. The molecule has 1 unspecified atom stereocenters. The van der Waals surface area contributed by atoms with E-state index in [1.807, 2.05) is 24.3 Å². The molecule has 4 rings (SSSR count). The van der Waals surface area contributed by atoms with Crippen molar-refractivity contribution in [1.29, 1.82) is 0 Å². The van der Waals surface area contributed by atoms with Gasteiger partial charge in [-0.25, -0.2) is 4.79 Å². The Morgan fingerprint density at radius 3 is 2.50 bits per heavy atom. The van der Waals surface area contributed by atoms with Crippen LogP contribution in [-0.2, 0) is 6.42 Å². The molecule has 1 fully saturated rings. The molecular weight excluding hydrogens is 402 g/mol. The van der Waals surface area contributed by atoms with Crippen LogP contribution in [0.4, 0.5) is 16.2 Å². The largest absolute Gasteiger partial charge is 0.497 e. The molecule has 172 valence electrons. The van der Waals surface area contributed by atoms with Gasteiger partial charge in [-0.3, -0.25) is 4.90 Å². The van der Waals surface area contributed by atoms with Gasteiger partial charge in [-0.15, -0.1) is 0 Å². The van der Waals surface area contributed by atoms with Gasteiger partial charge in [-0.2, -0.15) is 0 Å². The van der Waals surface area contributed by atoms with Crippen molar-refractivity contribution in [3.8, 4) is 5.75 Å². The molecule has 2 aromatic carbocycles. The number of fused-ring (bicyclic) bond motifs is 1. The average molecular weight is 438 g/mol. The van der Waals surface area contributed by atoms with Crippen molar-refractivity contribution >= 4 is 17.4 Å². The fourth-order valence-electron chi connectivity index (χ4n) is 4.64. The number of carbonyl (C=O) groups is 1. The molecule has 0 saturated carbocycles. The zero-order chi connectivity index (χ0) is 22.5. The molecule has 32 heavy (non-hydrogen) atoms. The molecular formula is C25H35N5O2. The number of amides is 2. The number of anilines is 2. The number of nitrogens with one attached hydrogen (secondary N) is 2. The number of ether oxygens (including phenoxy) is 1. The quantitative estimate of drug-likeness (QED) is 0.727. The van der Waals surface area contributed by atoms with Crippen molar-refractivity contribution < 1.29 is 9.53 Å². The summed E-state index contributed by atoms with van der Waals surface area (Å²) in [7, 11) is 5.97. The average Bonchev–Trinajstić information content (AvgIpc) is 2.81. The Bertz CT molecular complexity index is 909. The second-order valence-electron chi connectivity index (χ2n) is 8.83. The highest BCUT2D eigenvalue weighted by Crippen LogP contribution is 2.31. The van der Waals surface area contributed by atoms with E-state index in [-0.39, 0.29) is 12.1 Å². The summed E-state index contributed by atoms with van der Waals surface area (Å²) in [6, 6.07) is 14.2. The fourth-order valence-corrected chi connectivity index (χ4v) is 4.64. The van der Waals surface area contributed by atoms with Gasteiger partial charge < -0.3 is 25.2 Å². The molecule has 0 aromatic heterocycles. The molecule has 2 amide bonds. The van der Waals surface area contributed by atoms with E-state index in [0.29, 0.717) is 6.54 Å². The van der Waals surface area contributed by atoms with Crippen LogP contribution in [0.25, 0.3) is 0 Å². The third kappa shape index (κ3) is 5.34. The monoisotopic (exact) mass is 437 g/mol. The van der Waals surface area contributed by atoms with Crippen molar-refractivity contribution in [2.45, 2.75) is 18.9 Å². The number of hydrogen-bond donors (Lipinski definition) is 2. The van der Waals surface area contributed by atoms with Crippen LogP contribution in [0, 0.1) is 0 Å². The molecule has 2 aliphatic rings. The predicted octanol–water partition coefficient (Wildman–Crippen LogP) is 3.19. The smallest absolute Gasteiger partial charge is 0.319 e. The Morgan fingerprint density at radius 1 is 1.03 bits per heavy atom. The van der Waals surface area contributed by atoms with Crippen LogP contribution in [0.2, 0.25) is 0 Å². The van der Waals surface area contributed by atoms with Crippen LogP contribution in [-0.4, -0.2) is 76.3 Å². The van der Waals surface area contributed by atoms with Crippen molar-refractivity contribution in [2.24, 2.45) is 0 Å². The normalized spacial score (nSPS) is 18.0. The van der Waals surface area contributed by atoms with Crippen molar-refractivity contribution in [3.63, 3.8) is 0 Å². The first-order valence-electron chi connectivity index (χ1n) is 11.5. The summed E-state index contributed by atoms with van der Waals surface area (Å²) in [6.45, 7) is 5.77. The topological polar surface area (TPSA) is 60.1 Å². The SMILES string of the molecule is COc1ccc(NC(=O)NCC(c2ccc3c(c2)CCCN3C)N2CCN(C)CC2)cc1.